The van der Waals surface area contributed by atoms with E-state index in [4.69, 9.17) is 5.73 Å². The summed E-state index contributed by atoms with van der Waals surface area (Å²) in [5.41, 5.74) is 8.61. The number of hydrogen-bond acceptors (Lipinski definition) is 2. The van der Waals surface area contributed by atoms with Crippen molar-refractivity contribution in [3.05, 3.63) is 35.4 Å². The summed E-state index contributed by atoms with van der Waals surface area (Å²) in [6.07, 6.45) is 2.29. The topological polar surface area (TPSA) is 29.3 Å². The van der Waals surface area contributed by atoms with E-state index < -0.39 is 0 Å². The second-order valence-electron chi connectivity index (χ2n) is 5.92. The highest BCUT2D eigenvalue weighted by molar-refractivity contribution is 5.24. The van der Waals surface area contributed by atoms with Gasteiger partial charge in [0.25, 0.3) is 0 Å². The van der Waals surface area contributed by atoms with Crippen molar-refractivity contribution < 1.29 is 0 Å². The lowest BCUT2D eigenvalue weighted by atomic mass is 10.0. The molecule has 0 fully saturated rings. The Morgan fingerprint density at radius 3 is 2.26 bits per heavy atom. The second-order valence-corrected chi connectivity index (χ2v) is 5.92. The van der Waals surface area contributed by atoms with Gasteiger partial charge in [-0.1, -0.05) is 51.5 Å². The van der Waals surface area contributed by atoms with E-state index >= 15 is 0 Å². The maximum Gasteiger partial charge on any atom is 0.00189 e. The van der Waals surface area contributed by atoms with Gasteiger partial charge in [0.05, 0.1) is 0 Å². The van der Waals surface area contributed by atoms with Gasteiger partial charge in [0.15, 0.2) is 0 Å². The first-order valence-corrected chi connectivity index (χ1v) is 7.54. The van der Waals surface area contributed by atoms with Gasteiger partial charge in [-0.3, -0.25) is 0 Å². The molecular formula is C17H30N2. The van der Waals surface area contributed by atoms with Crippen LogP contribution in [0.15, 0.2) is 24.3 Å². The van der Waals surface area contributed by atoms with E-state index in [0.29, 0.717) is 11.8 Å². The van der Waals surface area contributed by atoms with Gasteiger partial charge < -0.3 is 10.6 Å². The van der Waals surface area contributed by atoms with Crippen molar-refractivity contribution in [2.45, 2.75) is 39.5 Å². The Balaban J connectivity index is 2.39. The van der Waals surface area contributed by atoms with Crippen LogP contribution in [0.2, 0.25) is 0 Å². The summed E-state index contributed by atoms with van der Waals surface area (Å²) in [7, 11) is 2.20. The molecule has 108 valence electrons. The predicted molar refractivity (Wildman–Crippen MR) is 84.6 cm³/mol. The average molecular weight is 262 g/mol. The molecule has 0 amide bonds. The molecule has 0 heterocycles. The van der Waals surface area contributed by atoms with Gasteiger partial charge in [0.2, 0.25) is 0 Å². The molecule has 1 unspecified atom stereocenters. The summed E-state index contributed by atoms with van der Waals surface area (Å²) in [4.78, 5) is 2.40. The van der Waals surface area contributed by atoms with Gasteiger partial charge in [0.1, 0.15) is 0 Å². The van der Waals surface area contributed by atoms with Crippen LogP contribution in [0.25, 0.3) is 0 Å². The summed E-state index contributed by atoms with van der Waals surface area (Å²) >= 11 is 0. The lowest BCUT2D eigenvalue weighted by molar-refractivity contribution is 0.277. The van der Waals surface area contributed by atoms with Crippen LogP contribution in [0, 0.1) is 5.92 Å². The van der Waals surface area contributed by atoms with E-state index in [1.807, 2.05) is 0 Å². The average Bonchev–Trinajstić information content (AvgIpc) is 2.43. The van der Waals surface area contributed by atoms with E-state index in [1.165, 1.54) is 17.5 Å². The molecule has 2 N–H and O–H groups in total. The molecule has 1 rings (SSSR count). The third kappa shape index (κ3) is 5.75. The van der Waals surface area contributed by atoms with E-state index in [2.05, 4.69) is 57.0 Å². The van der Waals surface area contributed by atoms with Gasteiger partial charge in [0, 0.05) is 13.1 Å². The Bertz CT molecular complexity index is 339. The van der Waals surface area contributed by atoms with Crippen molar-refractivity contribution in [3.63, 3.8) is 0 Å². The second kappa shape index (κ2) is 8.34. The number of likely N-dealkylation sites (N-methyl/N-ethyl adjacent to an activating group) is 1. The quantitative estimate of drug-likeness (QED) is 0.779. The molecule has 2 heteroatoms. The smallest absolute Gasteiger partial charge is 0.00189 e. The maximum atomic E-state index is 5.76. The Hall–Kier alpha value is -0.860. The fourth-order valence-corrected chi connectivity index (χ4v) is 2.29. The molecule has 1 aromatic carbocycles. The molecule has 1 atom stereocenters. The molecule has 1 aromatic rings. The zero-order valence-corrected chi connectivity index (χ0v) is 13.0. The van der Waals surface area contributed by atoms with E-state index in [-0.39, 0.29) is 0 Å². The van der Waals surface area contributed by atoms with Gasteiger partial charge in [-0.2, -0.15) is 0 Å². The number of nitrogens with zero attached hydrogens (tertiary/aromatic N) is 1. The third-order valence-corrected chi connectivity index (χ3v) is 3.91. The number of benzene rings is 1. The summed E-state index contributed by atoms with van der Waals surface area (Å²) in [6.45, 7) is 9.70. The summed E-state index contributed by atoms with van der Waals surface area (Å²) in [5, 5.41) is 0. The zero-order valence-electron chi connectivity index (χ0n) is 13.0. The molecule has 0 aliphatic carbocycles. The Labute approximate surface area is 119 Å². The number of nitrogens with two attached hydrogens (primary N) is 1. The lowest BCUT2D eigenvalue weighted by Gasteiger charge is -2.22. The minimum absolute atomic E-state index is 0.617. The lowest BCUT2D eigenvalue weighted by Crippen LogP contribution is -2.31. The fraction of sp³-hybridized carbons (Fsp3) is 0.647. The van der Waals surface area contributed by atoms with E-state index in [0.717, 1.165) is 26.1 Å². The van der Waals surface area contributed by atoms with Crippen molar-refractivity contribution in [1.29, 1.82) is 0 Å². The summed E-state index contributed by atoms with van der Waals surface area (Å²) in [6, 6.07) is 9.05. The molecule has 2 nitrogen and oxygen atoms in total. The Morgan fingerprint density at radius 1 is 1.16 bits per heavy atom. The first-order chi connectivity index (χ1) is 9.06. The van der Waals surface area contributed by atoms with Crippen LogP contribution in [0.4, 0.5) is 0 Å². The first kappa shape index (κ1) is 16.2. The monoisotopic (exact) mass is 262 g/mol. The van der Waals surface area contributed by atoms with Gasteiger partial charge in [-0.05, 0) is 43.0 Å². The standard InChI is InChI=1S/C17H30N2/c1-5-15(12-18)13-19(4)11-10-16-6-8-17(9-7-16)14(2)3/h6-9,14-15H,5,10-13,18H2,1-4H3. The Morgan fingerprint density at radius 2 is 1.79 bits per heavy atom. The molecule has 0 radical (unpaired) electrons. The highest BCUT2D eigenvalue weighted by atomic mass is 15.1. The Kier molecular flexibility index (Phi) is 7.11. The largest absolute Gasteiger partial charge is 0.330 e. The van der Waals surface area contributed by atoms with Crippen molar-refractivity contribution in [2.24, 2.45) is 11.7 Å². The van der Waals surface area contributed by atoms with Crippen molar-refractivity contribution >= 4 is 0 Å². The molecule has 19 heavy (non-hydrogen) atoms. The molecule has 0 aliphatic heterocycles. The van der Waals surface area contributed by atoms with Gasteiger partial charge in [-0.15, -0.1) is 0 Å². The van der Waals surface area contributed by atoms with E-state index in [1.54, 1.807) is 0 Å². The molecule has 0 bridgehead atoms. The van der Waals surface area contributed by atoms with Crippen LogP contribution in [-0.2, 0) is 6.42 Å². The maximum absolute atomic E-state index is 5.76. The zero-order chi connectivity index (χ0) is 14.3. The van der Waals surface area contributed by atoms with Gasteiger partial charge >= 0.3 is 0 Å². The fourth-order valence-electron chi connectivity index (χ4n) is 2.29. The van der Waals surface area contributed by atoms with Crippen LogP contribution in [-0.4, -0.2) is 31.6 Å². The molecule has 0 aromatic heterocycles. The molecular weight excluding hydrogens is 232 g/mol. The molecule has 0 aliphatic rings. The number of rotatable bonds is 8. The predicted octanol–water partition coefficient (Wildman–Crippen LogP) is 3.27. The normalized spacial score (nSPS) is 13.2. The molecule has 0 spiro atoms. The van der Waals surface area contributed by atoms with Crippen molar-refractivity contribution in [2.75, 3.05) is 26.7 Å². The summed E-state index contributed by atoms with van der Waals surface area (Å²) in [5.74, 6) is 1.25. The highest BCUT2D eigenvalue weighted by Crippen LogP contribution is 2.15. The van der Waals surface area contributed by atoms with Crippen LogP contribution >= 0.6 is 0 Å². The third-order valence-electron chi connectivity index (χ3n) is 3.91. The van der Waals surface area contributed by atoms with E-state index in [9.17, 15) is 0 Å². The minimum atomic E-state index is 0.617. The SMILES string of the molecule is CCC(CN)CN(C)CCc1ccc(C(C)C)cc1. The van der Waals surface area contributed by atoms with Crippen molar-refractivity contribution in [3.8, 4) is 0 Å². The first-order valence-electron chi connectivity index (χ1n) is 7.54. The van der Waals surface area contributed by atoms with Crippen LogP contribution in [0.5, 0.6) is 0 Å². The van der Waals surface area contributed by atoms with Crippen LogP contribution in [0.3, 0.4) is 0 Å². The highest BCUT2D eigenvalue weighted by Gasteiger charge is 2.08. The van der Waals surface area contributed by atoms with Crippen LogP contribution < -0.4 is 5.73 Å². The summed E-state index contributed by atoms with van der Waals surface area (Å²) < 4.78 is 0. The van der Waals surface area contributed by atoms with Crippen LogP contribution in [0.1, 0.15) is 44.2 Å². The number of hydrogen-bond donors (Lipinski definition) is 1. The molecule has 0 saturated carbocycles. The molecule has 0 saturated heterocycles. The minimum Gasteiger partial charge on any atom is -0.330 e. The van der Waals surface area contributed by atoms with Gasteiger partial charge in [-0.25, -0.2) is 0 Å². The van der Waals surface area contributed by atoms with Crippen molar-refractivity contribution in [1.82, 2.24) is 4.90 Å².